The molecule has 0 amide bonds. The van der Waals surface area contributed by atoms with Crippen LogP contribution in [0.5, 0.6) is 0 Å². The lowest BCUT2D eigenvalue weighted by molar-refractivity contribution is 0.00334. The Morgan fingerprint density at radius 3 is 3.00 bits per heavy atom. The number of halogens is 1. The average Bonchev–Trinajstić information content (AvgIpc) is 3.33. The molecule has 0 aliphatic carbocycles. The number of carbonyl (C=O) groups excluding carboxylic acids is 1. The third-order valence-corrected chi connectivity index (χ3v) is 8.85. The van der Waals surface area contributed by atoms with Gasteiger partial charge in [0.05, 0.1) is 27.6 Å². The number of hydrogen-bond donors (Lipinski definition) is 2. The van der Waals surface area contributed by atoms with Gasteiger partial charge in [0.1, 0.15) is 11.2 Å². The molecule has 2 atom stereocenters. The van der Waals surface area contributed by atoms with Gasteiger partial charge < -0.3 is 20.2 Å². The van der Waals surface area contributed by atoms with Crippen LogP contribution in [0.3, 0.4) is 0 Å². The molecule has 9 nitrogen and oxygen atoms in total. The number of sulfonamides is 1. The Morgan fingerprint density at radius 1 is 1.52 bits per heavy atom. The number of aromatic amines is 1. The van der Waals surface area contributed by atoms with Crippen molar-refractivity contribution in [1.29, 1.82) is 0 Å². The fourth-order valence-electron chi connectivity index (χ4n) is 3.61. The van der Waals surface area contributed by atoms with Crippen molar-refractivity contribution in [3.05, 3.63) is 33.8 Å². The first-order chi connectivity index (χ1) is 13.7. The number of carbonyl (C=O) groups is 1. The van der Waals surface area contributed by atoms with E-state index in [2.05, 4.69) is 9.98 Å². The van der Waals surface area contributed by atoms with Gasteiger partial charge in [0.25, 0.3) is 10.0 Å². The fourth-order valence-corrected chi connectivity index (χ4v) is 6.99. The van der Waals surface area contributed by atoms with E-state index in [0.717, 1.165) is 9.18 Å². The second-order valence-electron chi connectivity index (χ2n) is 6.78. The third-order valence-electron chi connectivity index (χ3n) is 5.09. The molecule has 0 aromatic carbocycles. The topological polar surface area (TPSA) is 127 Å². The molecule has 156 valence electrons. The van der Waals surface area contributed by atoms with Gasteiger partial charge in [-0.05, 0) is 31.0 Å². The molecule has 0 spiro atoms. The zero-order chi connectivity index (χ0) is 21.0. The number of nitrogens with zero attached hydrogens (tertiary/aromatic N) is 2. The summed E-state index contributed by atoms with van der Waals surface area (Å²) in [6.45, 7) is 0.309. The minimum absolute atomic E-state index is 0.106. The number of methoxy groups -OCH3 is 1. The van der Waals surface area contributed by atoms with Crippen molar-refractivity contribution in [2.45, 2.75) is 23.8 Å². The molecule has 2 aliphatic rings. The SMILES string of the molecule is COC(=O)c1ccc(-c2cc(Cl)c([C@]34CCCOC3S(=O)(=O)N(C)C(N)=N4)s2)[nH]1. The Morgan fingerprint density at radius 2 is 2.28 bits per heavy atom. The molecule has 29 heavy (non-hydrogen) atoms. The van der Waals surface area contributed by atoms with E-state index in [1.54, 1.807) is 18.2 Å². The molecule has 0 radical (unpaired) electrons. The molecule has 1 fully saturated rings. The maximum Gasteiger partial charge on any atom is 0.354 e. The van der Waals surface area contributed by atoms with Crippen LogP contribution in [0.2, 0.25) is 5.02 Å². The van der Waals surface area contributed by atoms with Crippen LogP contribution >= 0.6 is 22.9 Å². The number of nitrogens with one attached hydrogen (secondary N) is 1. The highest BCUT2D eigenvalue weighted by atomic mass is 35.5. The summed E-state index contributed by atoms with van der Waals surface area (Å²) < 4.78 is 37.3. The lowest BCUT2D eigenvalue weighted by atomic mass is 9.91. The smallest absolute Gasteiger partial charge is 0.354 e. The highest BCUT2D eigenvalue weighted by Gasteiger charge is 2.57. The highest BCUT2D eigenvalue weighted by Crippen LogP contribution is 2.51. The van der Waals surface area contributed by atoms with Crippen molar-refractivity contribution in [2.75, 3.05) is 20.8 Å². The molecular weight excluding hydrogens is 440 g/mol. The van der Waals surface area contributed by atoms with Gasteiger partial charge in [-0.25, -0.2) is 22.5 Å². The van der Waals surface area contributed by atoms with Gasteiger partial charge in [-0.1, -0.05) is 11.6 Å². The zero-order valence-corrected chi connectivity index (χ0v) is 18.0. The molecule has 12 heteroatoms. The van der Waals surface area contributed by atoms with Gasteiger partial charge in [-0.2, -0.15) is 0 Å². The van der Waals surface area contributed by atoms with E-state index in [4.69, 9.17) is 26.8 Å². The Balaban J connectivity index is 1.84. The van der Waals surface area contributed by atoms with Crippen LogP contribution in [-0.2, 0) is 25.0 Å². The van der Waals surface area contributed by atoms with Crippen molar-refractivity contribution in [3.8, 4) is 10.6 Å². The van der Waals surface area contributed by atoms with Crippen molar-refractivity contribution in [3.63, 3.8) is 0 Å². The average molecular weight is 459 g/mol. The van der Waals surface area contributed by atoms with Crippen LogP contribution in [0, 0.1) is 0 Å². The lowest BCUT2D eigenvalue weighted by Crippen LogP contribution is -2.59. The summed E-state index contributed by atoms with van der Waals surface area (Å²) >= 11 is 7.84. The van der Waals surface area contributed by atoms with Crippen molar-refractivity contribution >= 4 is 44.9 Å². The van der Waals surface area contributed by atoms with E-state index in [1.807, 2.05) is 0 Å². The summed E-state index contributed by atoms with van der Waals surface area (Å²) in [5, 5.41) is 0.367. The number of aromatic nitrogens is 1. The summed E-state index contributed by atoms with van der Waals surface area (Å²) in [6.07, 6.45) is 1.05. The van der Waals surface area contributed by atoms with Crippen LogP contribution < -0.4 is 5.73 Å². The number of esters is 1. The molecule has 2 aromatic heterocycles. The van der Waals surface area contributed by atoms with E-state index in [-0.39, 0.29) is 5.96 Å². The quantitative estimate of drug-likeness (QED) is 0.678. The van der Waals surface area contributed by atoms with Crippen LogP contribution in [-0.4, -0.2) is 55.8 Å². The predicted octanol–water partition coefficient (Wildman–Crippen LogP) is 2.10. The summed E-state index contributed by atoms with van der Waals surface area (Å²) in [7, 11) is -1.21. The molecule has 2 aromatic rings. The second-order valence-corrected chi connectivity index (χ2v) is 10.2. The van der Waals surface area contributed by atoms with Gasteiger partial charge in [0.2, 0.25) is 11.4 Å². The van der Waals surface area contributed by atoms with Gasteiger partial charge in [0, 0.05) is 13.7 Å². The van der Waals surface area contributed by atoms with Crippen LogP contribution in [0.15, 0.2) is 23.2 Å². The second kappa shape index (κ2) is 7.01. The molecule has 0 bridgehead atoms. The van der Waals surface area contributed by atoms with Gasteiger partial charge in [-0.3, -0.25) is 0 Å². The van der Waals surface area contributed by atoms with Crippen LogP contribution in [0.4, 0.5) is 0 Å². The Hall–Kier alpha value is -2.08. The predicted molar refractivity (Wildman–Crippen MR) is 109 cm³/mol. The van der Waals surface area contributed by atoms with E-state index in [0.29, 0.717) is 40.7 Å². The normalized spacial score (nSPS) is 26.0. The molecule has 3 N–H and O–H groups in total. The standard InChI is InChI=1S/C17H19ClN4O5S2/c1-22-16(19)21-17(6-3-7-27-15(17)29(22,24)25)13-9(18)8-12(28-13)10-4-5-11(20-10)14(23)26-2/h4-5,8,15,20H,3,6-7H2,1-2H3,(H2,19,21)/t15?,17-/m1/s1. The number of fused-ring (bicyclic) bond motifs is 1. The van der Waals surface area contributed by atoms with Crippen molar-refractivity contribution in [1.82, 2.24) is 9.29 Å². The summed E-state index contributed by atoms with van der Waals surface area (Å²) in [4.78, 5) is 20.5. The zero-order valence-electron chi connectivity index (χ0n) is 15.6. The fraction of sp³-hybridized carbons (Fsp3) is 0.412. The van der Waals surface area contributed by atoms with Crippen molar-refractivity contribution < 1.29 is 22.7 Å². The Labute approximate surface area is 176 Å². The number of aliphatic imine (C=N–C) groups is 1. The first-order valence-electron chi connectivity index (χ1n) is 8.73. The van der Waals surface area contributed by atoms with Gasteiger partial charge in [-0.15, -0.1) is 11.3 Å². The maximum absolute atomic E-state index is 13.0. The monoisotopic (exact) mass is 458 g/mol. The van der Waals surface area contributed by atoms with E-state index >= 15 is 0 Å². The maximum atomic E-state index is 13.0. The minimum Gasteiger partial charge on any atom is -0.464 e. The minimum atomic E-state index is -3.87. The first-order valence-corrected chi connectivity index (χ1v) is 11.4. The Kier molecular flexibility index (Phi) is 4.88. The van der Waals surface area contributed by atoms with Gasteiger partial charge in [0.15, 0.2) is 0 Å². The molecular formula is C17H19ClN4O5S2. The Bertz CT molecular complexity index is 1110. The molecule has 1 unspecified atom stereocenters. The highest BCUT2D eigenvalue weighted by molar-refractivity contribution is 7.90. The first kappa shape index (κ1) is 20.2. The molecule has 4 heterocycles. The molecule has 2 aliphatic heterocycles. The summed E-state index contributed by atoms with van der Waals surface area (Å²) in [6, 6.07) is 5.05. The molecule has 0 saturated carbocycles. The van der Waals surface area contributed by atoms with E-state index < -0.39 is 27.0 Å². The number of H-pyrrole nitrogens is 1. The van der Waals surface area contributed by atoms with Crippen LogP contribution in [0.25, 0.3) is 10.6 Å². The number of hydrogen-bond acceptors (Lipinski definition) is 8. The summed E-state index contributed by atoms with van der Waals surface area (Å²) in [5.41, 5.74) is 4.48. The number of nitrogens with two attached hydrogens (primary N) is 1. The van der Waals surface area contributed by atoms with Crippen molar-refractivity contribution in [2.24, 2.45) is 10.7 Å². The molecule has 4 rings (SSSR count). The summed E-state index contributed by atoms with van der Waals surface area (Å²) in [5.74, 6) is -0.595. The van der Waals surface area contributed by atoms with Gasteiger partial charge >= 0.3 is 5.97 Å². The largest absolute Gasteiger partial charge is 0.464 e. The third kappa shape index (κ3) is 3.03. The lowest BCUT2D eigenvalue weighted by Gasteiger charge is -2.44. The van der Waals surface area contributed by atoms with E-state index in [1.165, 1.54) is 25.5 Å². The number of ether oxygens (including phenoxy) is 2. The number of guanidine groups is 1. The van der Waals surface area contributed by atoms with Crippen LogP contribution in [0.1, 0.15) is 28.2 Å². The van der Waals surface area contributed by atoms with E-state index in [9.17, 15) is 13.2 Å². The molecule has 1 saturated heterocycles. The number of rotatable bonds is 3. The number of thiophene rings is 1.